The molecule has 28 heavy (non-hydrogen) atoms. The lowest BCUT2D eigenvalue weighted by atomic mass is 10.0. The minimum absolute atomic E-state index is 0.134. The van der Waals surface area contributed by atoms with Crippen molar-refractivity contribution < 1.29 is 4.79 Å². The van der Waals surface area contributed by atoms with Crippen molar-refractivity contribution in [3.8, 4) is 11.1 Å². The minimum atomic E-state index is -0.620. The highest BCUT2D eigenvalue weighted by Gasteiger charge is 2.21. The molecule has 0 radical (unpaired) electrons. The maximum absolute atomic E-state index is 12.1. The summed E-state index contributed by atoms with van der Waals surface area (Å²) in [6.07, 6.45) is 6.93. The van der Waals surface area contributed by atoms with E-state index in [1.54, 1.807) is 24.8 Å². The number of primary amides is 1. The molecule has 4 aromatic rings. The van der Waals surface area contributed by atoms with Crippen molar-refractivity contribution in [2.24, 2.45) is 5.73 Å². The highest BCUT2D eigenvalue weighted by Crippen LogP contribution is 2.34. The number of hydrogen-bond donors (Lipinski definition) is 1. The topological polar surface area (TPSA) is 97.9 Å². The average molecular weight is 370 g/mol. The Kier molecular flexibility index (Phi) is 4.63. The summed E-state index contributed by atoms with van der Waals surface area (Å²) in [6, 6.07) is 13.5. The number of nitrogens with zero attached hydrogens (tertiary/aromatic N) is 5. The first-order chi connectivity index (χ1) is 13.7. The standard InChI is InChI=1S/C21H18N6O/c1-2-27(16-4-3-9-24-13-16)20-17-6-5-15(14-7-10-23-11-8-14)12-18(17)25-26-19(20)21(22)28/h3-13H,2H2,1H3,(H2,22,28). The highest BCUT2D eigenvalue weighted by atomic mass is 16.1. The van der Waals surface area contributed by atoms with E-state index < -0.39 is 5.91 Å². The molecule has 0 spiro atoms. The second-order valence-corrected chi connectivity index (χ2v) is 6.18. The lowest BCUT2D eigenvalue weighted by molar-refractivity contribution is 0.0995. The van der Waals surface area contributed by atoms with Crippen molar-refractivity contribution in [3.63, 3.8) is 0 Å². The molecule has 0 aliphatic carbocycles. The number of hydrogen-bond acceptors (Lipinski definition) is 6. The van der Waals surface area contributed by atoms with E-state index in [1.807, 2.05) is 54.3 Å². The van der Waals surface area contributed by atoms with Crippen molar-refractivity contribution in [2.45, 2.75) is 6.92 Å². The van der Waals surface area contributed by atoms with Crippen LogP contribution in [-0.4, -0.2) is 32.6 Å². The predicted molar refractivity (Wildman–Crippen MR) is 108 cm³/mol. The van der Waals surface area contributed by atoms with E-state index >= 15 is 0 Å². The summed E-state index contributed by atoms with van der Waals surface area (Å²) < 4.78 is 0. The number of pyridine rings is 2. The fraction of sp³-hybridized carbons (Fsp3) is 0.0952. The summed E-state index contributed by atoms with van der Waals surface area (Å²) >= 11 is 0. The quantitative estimate of drug-likeness (QED) is 0.578. The van der Waals surface area contributed by atoms with E-state index in [1.165, 1.54) is 0 Å². The molecule has 0 fully saturated rings. The van der Waals surface area contributed by atoms with Crippen molar-refractivity contribution in [3.05, 3.63) is 72.9 Å². The van der Waals surface area contributed by atoms with E-state index in [4.69, 9.17) is 5.73 Å². The second kappa shape index (κ2) is 7.40. The molecule has 1 amide bonds. The molecule has 0 aliphatic rings. The third-order valence-electron chi connectivity index (χ3n) is 4.53. The van der Waals surface area contributed by atoms with Gasteiger partial charge < -0.3 is 10.6 Å². The average Bonchev–Trinajstić information content (AvgIpc) is 2.75. The Hall–Kier alpha value is -3.87. The number of benzene rings is 1. The molecule has 4 rings (SSSR count). The Morgan fingerprint density at radius 2 is 1.82 bits per heavy atom. The number of aromatic nitrogens is 4. The fourth-order valence-corrected chi connectivity index (χ4v) is 3.24. The van der Waals surface area contributed by atoms with Gasteiger partial charge in [0, 0.05) is 30.5 Å². The molecule has 7 heteroatoms. The van der Waals surface area contributed by atoms with Gasteiger partial charge in [0.05, 0.1) is 23.1 Å². The lowest BCUT2D eigenvalue weighted by Gasteiger charge is -2.25. The van der Waals surface area contributed by atoms with Gasteiger partial charge in [0.15, 0.2) is 5.69 Å². The van der Waals surface area contributed by atoms with Crippen LogP contribution in [0, 0.1) is 0 Å². The Morgan fingerprint density at radius 1 is 1.00 bits per heavy atom. The maximum atomic E-state index is 12.1. The van der Waals surface area contributed by atoms with Gasteiger partial charge in [-0.1, -0.05) is 6.07 Å². The van der Waals surface area contributed by atoms with Crippen LogP contribution in [0.5, 0.6) is 0 Å². The molecular formula is C21H18N6O. The SMILES string of the molecule is CCN(c1cccnc1)c1c(C(N)=O)nnc2cc(-c3ccncc3)ccc12. The summed E-state index contributed by atoms with van der Waals surface area (Å²) in [6.45, 7) is 2.61. The molecule has 0 saturated carbocycles. The lowest BCUT2D eigenvalue weighted by Crippen LogP contribution is -2.24. The molecule has 0 unspecified atom stereocenters. The first kappa shape index (κ1) is 17.5. The van der Waals surface area contributed by atoms with Crippen LogP contribution in [0.25, 0.3) is 22.0 Å². The van der Waals surface area contributed by atoms with Gasteiger partial charge >= 0.3 is 0 Å². The molecule has 0 aliphatic heterocycles. The van der Waals surface area contributed by atoms with Crippen LogP contribution in [0.1, 0.15) is 17.4 Å². The summed E-state index contributed by atoms with van der Waals surface area (Å²) in [5.41, 5.74) is 9.92. The Labute approximate surface area is 161 Å². The summed E-state index contributed by atoms with van der Waals surface area (Å²) in [7, 11) is 0. The molecule has 1 aromatic carbocycles. The van der Waals surface area contributed by atoms with E-state index in [0.717, 1.165) is 22.2 Å². The number of amides is 1. The number of rotatable bonds is 5. The van der Waals surface area contributed by atoms with Crippen molar-refractivity contribution in [2.75, 3.05) is 11.4 Å². The van der Waals surface area contributed by atoms with Gasteiger partial charge in [-0.25, -0.2) is 0 Å². The van der Waals surface area contributed by atoms with Gasteiger partial charge in [-0.2, -0.15) is 0 Å². The molecule has 2 N–H and O–H groups in total. The smallest absolute Gasteiger partial charge is 0.271 e. The number of carbonyl (C=O) groups is 1. The first-order valence-electron chi connectivity index (χ1n) is 8.87. The van der Waals surface area contributed by atoms with Gasteiger partial charge in [0.1, 0.15) is 0 Å². The minimum Gasteiger partial charge on any atom is -0.364 e. The number of carbonyl (C=O) groups excluding carboxylic acids is 1. The van der Waals surface area contributed by atoms with E-state index in [-0.39, 0.29) is 5.69 Å². The van der Waals surface area contributed by atoms with Gasteiger partial charge in [-0.15, -0.1) is 10.2 Å². The van der Waals surface area contributed by atoms with Gasteiger partial charge in [0.2, 0.25) is 0 Å². The number of fused-ring (bicyclic) bond motifs is 1. The predicted octanol–water partition coefficient (Wildman–Crippen LogP) is 3.34. The fourth-order valence-electron chi connectivity index (χ4n) is 3.24. The van der Waals surface area contributed by atoms with Crippen LogP contribution in [0.3, 0.4) is 0 Å². The highest BCUT2D eigenvalue weighted by molar-refractivity contribution is 6.06. The molecule has 3 heterocycles. The van der Waals surface area contributed by atoms with E-state index in [9.17, 15) is 4.79 Å². The zero-order valence-electron chi connectivity index (χ0n) is 15.3. The second-order valence-electron chi connectivity index (χ2n) is 6.18. The number of anilines is 2. The van der Waals surface area contributed by atoms with Crippen molar-refractivity contribution >= 4 is 28.2 Å². The van der Waals surface area contributed by atoms with Crippen molar-refractivity contribution in [1.29, 1.82) is 0 Å². The Morgan fingerprint density at radius 3 is 2.50 bits per heavy atom. The normalized spacial score (nSPS) is 10.8. The van der Waals surface area contributed by atoms with Crippen LogP contribution >= 0.6 is 0 Å². The molecule has 0 saturated heterocycles. The molecule has 138 valence electrons. The zero-order valence-corrected chi connectivity index (χ0v) is 15.3. The molecule has 0 bridgehead atoms. The zero-order chi connectivity index (χ0) is 19.5. The third-order valence-corrected chi connectivity index (χ3v) is 4.53. The Bertz CT molecular complexity index is 1130. The summed E-state index contributed by atoms with van der Waals surface area (Å²) in [5, 5.41) is 9.19. The van der Waals surface area contributed by atoms with E-state index in [0.29, 0.717) is 17.7 Å². The van der Waals surface area contributed by atoms with Crippen LogP contribution < -0.4 is 10.6 Å². The molecule has 3 aromatic heterocycles. The summed E-state index contributed by atoms with van der Waals surface area (Å²) in [4.78, 5) is 22.3. The van der Waals surface area contributed by atoms with Crippen LogP contribution in [0.4, 0.5) is 11.4 Å². The van der Waals surface area contributed by atoms with Gasteiger partial charge in [-0.3, -0.25) is 14.8 Å². The Balaban J connectivity index is 1.94. The molecular weight excluding hydrogens is 352 g/mol. The third kappa shape index (κ3) is 3.14. The summed E-state index contributed by atoms with van der Waals surface area (Å²) in [5.74, 6) is -0.620. The van der Waals surface area contributed by atoms with Crippen LogP contribution in [0.15, 0.2) is 67.3 Å². The number of nitrogens with two attached hydrogens (primary N) is 1. The van der Waals surface area contributed by atoms with Gasteiger partial charge in [-0.05, 0) is 54.4 Å². The monoisotopic (exact) mass is 370 g/mol. The maximum Gasteiger partial charge on any atom is 0.271 e. The van der Waals surface area contributed by atoms with Gasteiger partial charge in [0.25, 0.3) is 5.91 Å². The molecule has 0 atom stereocenters. The van der Waals surface area contributed by atoms with E-state index in [2.05, 4.69) is 20.2 Å². The first-order valence-corrected chi connectivity index (χ1v) is 8.87. The van der Waals surface area contributed by atoms with Crippen LogP contribution in [-0.2, 0) is 0 Å². The van der Waals surface area contributed by atoms with Crippen LogP contribution in [0.2, 0.25) is 0 Å². The largest absolute Gasteiger partial charge is 0.364 e. The van der Waals surface area contributed by atoms with Crippen molar-refractivity contribution in [1.82, 2.24) is 20.2 Å². The molecule has 7 nitrogen and oxygen atoms in total.